The van der Waals surface area contributed by atoms with Gasteiger partial charge in [-0.15, -0.1) is 0 Å². The summed E-state index contributed by atoms with van der Waals surface area (Å²) in [7, 11) is 0. The van der Waals surface area contributed by atoms with Crippen LogP contribution >= 0.6 is 11.6 Å². The maximum atomic E-state index is 11.5. The van der Waals surface area contributed by atoms with E-state index in [9.17, 15) is 9.90 Å². The zero-order valence-corrected chi connectivity index (χ0v) is 9.07. The third-order valence-corrected chi connectivity index (χ3v) is 3.30. The minimum Gasteiger partial charge on any atom is -0.388 e. The molecule has 80 valence electrons. The summed E-state index contributed by atoms with van der Waals surface area (Å²) in [4.78, 5) is 11.5. The van der Waals surface area contributed by atoms with Crippen molar-refractivity contribution in [1.29, 1.82) is 0 Å². The summed E-state index contributed by atoms with van der Waals surface area (Å²) in [6.45, 7) is 0. The summed E-state index contributed by atoms with van der Waals surface area (Å²) in [5.74, 6) is -0.104. The lowest BCUT2D eigenvalue weighted by Gasteiger charge is -2.17. The molecular weight excluding hydrogens is 212 g/mol. The van der Waals surface area contributed by atoms with Crippen LogP contribution in [0.1, 0.15) is 30.9 Å². The van der Waals surface area contributed by atoms with E-state index in [0.717, 1.165) is 12.8 Å². The van der Waals surface area contributed by atoms with Crippen molar-refractivity contribution < 1.29 is 9.90 Å². The second-order valence-corrected chi connectivity index (χ2v) is 4.34. The number of hydrogen-bond acceptors (Lipinski definition) is 2. The number of carbonyl (C=O) groups is 1. The molecule has 1 saturated carbocycles. The number of rotatable bonds is 2. The van der Waals surface area contributed by atoms with Crippen molar-refractivity contribution >= 4 is 17.4 Å². The highest BCUT2D eigenvalue weighted by Gasteiger charge is 2.32. The smallest absolute Gasteiger partial charge is 0.138 e. The van der Waals surface area contributed by atoms with Crippen LogP contribution < -0.4 is 0 Å². The van der Waals surface area contributed by atoms with Gasteiger partial charge in [0.05, 0.1) is 6.10 Å². The van der Waals surface area contributed by atoms with Crippen LogP contribution in [0.25, 0.3) is 0 Å². The van der Waals surface area contributed by atoms with Gasteiger partial charge in [-0.25, -0.2) is 0 Å². The lowest BCUT2D eigenvalue weighted by molar-refractivity contribution is -0.123. The Morgan fingerprint density at radius 2 is 2.13 bits per heavy atom. The van der Waals surface area contributed by atoms with Crippen LogP contribution in [0.15, 0.2) is 24.3 Å². The molecule has 1 aliphatic carbocycles. The summed E-state index contributed by atoms with van der Waals surface area (Å²) >= 11 is 5.97. The highest BCUT2D eigenvalue weighted by Crippen LogP contribution is 2.35. The minimum atomic E-state index is -0.742. The van der Waals surface area contributed by atoms with Gasteiger partial charge in [-0.3, -0.25) is 4.79 Å². The van der Waals surface area contributed by atoms with E-state index in [2.05, 4.69) is 0 Å². The quantitative estimate of drug-likeness (QED) is 0.839. The van der Waals surface area contributed by atoms with E-state index >= 15 is 0 Å². The Balaban J connectivity index is 2.24. The maximum Gasteiger partial charge on any atom is 0.138 e. The van der Waals surface area contributed by atoms with Gasteiger partial charge in [0.25, 0.3) is 0 Å². The Labute approximate surface area is 93.9 Å². The van der Waals surface area contributed by atoms with Crippen molar-refractivity contribution in [2.24, 2.45) is 5.92 Å². The predicted octanol–water partition coefficient (Wildman–Crippen LogP) is 2.74. The van der Waals surface area contributed by atoms with E-state index in [1.165, 1.54) is 0 Å². The number of halogens is 1. The first-order valence-corrected chi connectivity index (χ1v) is 5.53. The standard InChI is InChI=1S/C12H13ClO2/c13-10-6-2-1-4-8(10)12(15)9-5-3-7-11(9)14/h1-2,4,6,9,12,15H,3,5,7H2/t9-,12+/m1/s1. The zero-order chi connectivity index (χ0) is 10.8. The van der Waals surface area contributed by atoms with E-state index in [4.69, 9.17) is 11.6 Å². The van der Waals surface area contributed by atoms with Crippen molar-refractivity contribution in [3.8, 4) is 0 Å². The van der Waals surface area contributed by atoms with Gasteiger partial charge in [-0.1, -0.05) is 29.8 Å². The summed E-state index contributed by atoms with van der Waals surface area (Å²) < 4.78 is 0. The molecule has 1 aromatic carbocycles. The molecule has 0 bridgehead atoms. The normalized spacial score (nSPS) is 23.1. The Kier molecular flexibility index (Phi) is 3.08. The minimum absolute atomic E-state index is 0.155. The van der Waals surface area contributed by atoms with E-state index in [1.807, 2.05) is 12.1 Å². The van der Waals surface area contributed by atoms with Crippen molar-refractivity contribution in [2.45, 2.75) is 25.4 Å². The highest BCUT2D eigenvalue weighted by atomic mass is 35.5. The lowest BCUT2D eigenvalue weighted by atomic mass is 9.94. The molecule has 2 atom stereocenters. The topological polar surface area (TPSA) is 37.3 Å². The number of Topliss-reactive ketones (excluding diaryl/α,β-unsaturated/α-hetero) is 1. The number of carbonyl (C=O) groups excluding carboxylic acids is 1. The predicted molar refractivity (Wildman–Crippen MR) is 58.8 cm³/mol. The Morgan fingerprint density at radius 3 is 2.73 bits per heavy atom. The molecule has 0 radical (unpaired) electrons. The average molecular weight is 225 g/mol. The van der Waals surface area contributed by atoms with Gasteiger partial charge in [0.15, 0.2) is 0 Å². The SMILES string of the molecule is O=C1CCC[C@H]1[C@@H](O)c1ccccc1Cl. The number of ketones is 1. The lowest BCUT2D eigenvalue weighted by Crippen LogP contribution is -2.16. The molecule has 0 aliphatic heterocycles. The zero-order valence-electron chi connectivity index (χ0n) is 8.32. The van der Waals surface area contributed by atoms with Crippen LogP contribution in [0.2, 0.25) is 5.02 Å². The van der Waals surface area contributed by atoms with Crippen LogP contribution in [-0.4, -0.2) is 10.9 Å². The molecule has 0 unspecified atom stereocenters. The van der Waals surface area contributed by atoms with Crippen LogP contribution in [0.4, 0.5) is 0 Å². The van der Waals surface area contributed by atoms with E-state index < -0.39 is 6.10 Å². The summed E-state index contributed by atoms with van der Waals surface area (Å²) in [6.07, 6.45) is 1.50. The van der Waals surface area contributed by atoms with Gasteiger partial charge in [0.1, 0.15) is 5.78 Å². The van der Waals surface area contributed by atoms with Gasteiger partial charge < -0.3 is 5.11 Å². The van der Waals surface area contributed by atoms with Gasteiger partial charge in [0.2, 0.25) is 0 Å². The monoisotopic (exact) mass is 224 g/mol. The molecule has 0 heterocycles. The summed E-state index contributed by atoms with van der Waals surface area (Å²) in [6, 6.07) is 7.15. The van der Waals surface area contributed by atoms with Crippen LogP contribution in [0.3, 0.4) is 0 Å². The molecular formula is C12H13ClO2. The van der Waals surface area contributed by atoms with E-state index in [1.54, 1.807) is 12.1 Å². The number of benzene rings is 1. The molecule has 2 nitrogen and oxygen atoms in total. The molecule has 2 rings (SSSR count). The Morgan fingerprint density at radius 1 is 1.40 bits per heavy atom. The third-order valence-electron chi connectivity index (χ3n) is 2.96. The average Bonchev–Trinajstić information content (AvgIpc) is 2.64. The van der Waals surface area contributed by atoms with Gasteiger partial charge in [-0.2, -0.15) is 0 Å². The van der Waals surface area contributed by atoms with Crippen molar-refractivity contribution in [3.63, 3.8) is 0 Å². The third kappa shape index (κ3) is 2.06. The van der Waals surface area contributed by atoms with E-state index in [0.29, 0.717) is 17.0 Å². The van der Waals surface area contributed by atoms with Crippen LogP contribution in [0, 0.1) is 5.92 Å². The second-order valence-electron chi connectivity index (χ2n) is 3.93. The molecule has 3 heteroatoms. The maximum absolute atomic E-state index is 11.5. The molecule has 0 spiro atoms. The number of aliphatic hydroxyl groups excluding tert-OH is 1. The molecule has 1 aromatic rings. The highest BCUT2D eigenvalue weighted by molar-refractivity contribution is 6.31. The largest absolute Gasteiger partial charge is 0.388 e. The first-order chi connectivity index (χ1) is 7.20. The molecule has 1 N–H and O–H groups in total. The molecule has 15 heavy (non-hydrogen) atoms. The molecule has 1 aliphatic rings. The fraction of sp³-hybridized carbons (Fsp3) is 0.417. The van der Waals surface area contributed by atoms with Gasteiger partial charge >= 0.3 is 0 Å². The Hall–Kier alpha value is -0.860. The van der Waals surface area contributed by atoms with Crippen molar-refractivity contribution in [1.82, 2.24) is 0 Å². The second kappa shape index (κ2) is 4.33. The van der Waals surface area contributed by atoms with Crippen LogP contribution in [0.5, 0.6) is 0 Å². The summed E-state index contributed by atoms with van der Waals surface area (Å²) in [5.41, 5.74) is 0.666. The number of hydrogen-bond donors (Lipinski definition) is 1. The van der Waals surface area contributed by atoms with Crippen molar-refractivity contribution in [2.75, 3.05) is 0 Å². The molecule has 0 saturated heterocycles. The van der Waals surface area contributed by atoms with E-state index in [-0.39, 0.29) is 11.7 Å². The first-order valence-electron chi connectivity index (χ1n) is 5.15. The van der Waals surface area contributed by atoms with Crippen LogP contribution in [-0.2, 0) is 4.79 Å². The molecule has 0 aromatic heterocycles. The van der Waals surface area contributed by atoms with Gasteiger partial charge in [-0.05, 0) is 24.5 Å². The Bertz CT molecular complexity index is 376. The number of aliphatic hydroxyl groups is 1. The van der Waals surface area contributed by atoms with Crippen molar-refractivity contribution in [3.05, 3.63) is 34.9 Å². The fourth-order valence-electron chi connectivity index (χ4n) is 2.11. The first kappa shape index (κ1) is 10.7. The van der Waals surface area contributed by atoms with Gasteiger partial charge in [0, 0.05) is 17.4 Å². The fourth-order valence-corrected chi connectivity index (χ4v) is 2.36. The molecule has 0 amide bonds. The summed E-state index contributed by atoms with van der Waals surface area (Å²) in [5, 5.41) is 10.6. The molecule has 1 fully saturated rings.